The van der Waals surface area contributed by atoms with Gasteiger partial charge in [-0.15, -0.1) is 10.2 Å². The van der Waals surface area contributed by atoms with E-state index in [9.17, 15) is 4.79 Å². The monoisotopic (exact) mass is 293 g/mol. The van der Waals surface area contributed by atoms with E-state index >= 15 is 0 Å². The Hall–Kier alpha value is -2.84. The quantitative estimate of drug-likeness (QED) is 0.787. The molecule has 0 aliphatic heterocycles. The standard InChI is InChI=1S/C12H15N5O4/c1-19-7-4-8(20-2)11(9(5-7)21-3)12-14-16-17(15-12)6-10(13)18/h4-5H,6H2,1-3H3,(H2,13,18). The summed E-state index contributed by atoms with van der Waals surface area (Å²) in [5.41, 5.74) is 5.60. The van der Waals surface area contributed by atoms with Crippen LogP contribution in [0.25, 0.3) is 11.4 Å². The van der Waals surface area contributed by atoms with Crippen LogP contribution in [0.15, 0.2) is 12.1 Å². The molecule has 2 rings (SSSR count). The zero-order chi connectivity index (χ0) is 15.4. The van der Waals surface area contributed by atoms with Crippen LogP contribution in [0, 0.1) is 0 Å². The minimum atomic E-state index is -0.562. The fraction of sp³-hybridized carbons (Fsp3) is 0.333. The molecular weight excluding hydrogens is 278 g/mol. The zero-order valence-electron chi connectivity index (χ0n) is 11.9. The molecule has 1 aromatic carbocycles. The molecule has 0 fully saturated rings. The van der Waals surface area contributed by atoms with E-state index in [0.717, 1.165) is 4.80 Å². The summed E-state index contributed by atoms with van der Waals surface area (Å²) >= 11 is 0. The maximum atomic E-state index is 10.9. The molecule has 112 valence electrons. The number of primary amides is 1. The Kier molecular flexibility index (Phi) is 4.21. The molecule has 2 N–H and O–H groups in total. The van der Waals surface area contributed by atoms with Crippen LogP contribution in [-0.2, 0) is 11.3 Å². The van der Waals surface area contributed by atoms with E-state index < -0.39 is 5.91 Å². The number of tetrazole rings is 1. The SMILES string of the molecule is COc1cc(OC)c(-c2nnn(CC(N)=O)n2)c(OC)c1. The fourth-order valence-corrected chi connectivity index (χ4v) is 1.78. The molecule has 0 saturated heterocycles. The van der Waals surface area contributed by atoms with Crippen molar-refractivity contribution in [2.24, 2.45) is 5.73 Å². The van der Waals surface area contributed by atoms with Crippen LogP contribution in [-0.4, -0.2) is 47.4 Å². The molecule has 9 heteroatoms. The van der Waals surface area contributed by atoms with Crippen molar-refractivity contribution in [3.8, 4) is 28.6 Å². The van der Waals surface area contributed by atoms with Gasteiger partial charge in [0.15, 0.2) is 0 Å². The first-order valence-corrected chi connectivity index (χ1v) is 5.95. The van der Waals surface area contributed by atoms with Gasteiger partial charge in [0.2, 0.25) is 11.7 Å². The molecule has 1 aromatic heterocycles. The number of ether oxygens (including phenoxy) is 3. The summed E-state index contributed by atoms with van der Waals surface area (Å²) in [6.45, 7) is -0.159. The second kappa shape index (κ2) is 6.07. The highest BCUT2D eigenvalue weighted by molar-refractivity contribution is 5.74. The Morgan fingerprint density at radius 2 is 1.81 bits per heavy atom. The van der Waals surface area contributed by atoms with Crippen LogP contribution in [0.4, 0.5) is 0 Å². The summed E-state index contributed by atoms with van der Waals surface area (Å²) in [6, 6.07) is 3.35. The van der Waals surface area contributed by atoms with Gasteiger partial charge in [-0.2, -0.15) is 4.80 Å². The molecule has 0 spiro atoms. The minimum Gasteiger partial charge on any atom is -0.496 e. The van der Waals surface area contributed by atoms with Gasteiger partial charge >= 0.3 is 0 Å². The Balaban J connectivity index is 2.51. The molecule has 9 nitrogen and oxygen atoms in total. The summed E-state index contributed by atoms with van der Waals surface area (Å²) in [7, 11) is 4.55. The van der Waals surface area contributed by atoms with Gasteiger partial charge in [-0.1, -0.05) is 0 Å². The van der Waals surface area contributed by atoms with Crippen LogP contribution in [0.2, 0.25) is 0 Å². The van der Waals surface area contributed by atoms with Crippen molar-refractivity contribution in [2.45, 2.75) is 6.54 Å². The van der Waals surface area contributed by atoms with Crippen molar-refractivity contribution in [1.29, 1.82) is 0 Å². The first-order valence-electron chi connectivity index (χ1n) is 5.95. The third-order valence-corrected chi connectivity index (χ3v) is 2.69. The van der Waals surface area contributed by atoms with Crippen LogP contribution in [0.1, 0.15) is 0 Å². The van der Waals surface area contributed by atoms with Gasteiger partial charge in [-0.05, 0) is 5.21 Å². The molecule has 1 heterocycles. The second-order valence-electron chi connectivity index (χ2n) is 4.02. The van der Waals surface area contributed by atoms with E-state index in [2.05, 4.69) is 15.4 Å². The maximum Gasteiger partial charge on any atom is 0.241 e. The van der Waals surface area contributed by atoms with Gasteiger partial charge in [0.05, 0.1) is 21.3 Å². The van der Waals surface area contributed by atoms with E-state index in [1.807, 2.05) is 0 Å². The highest BCUT2D eigenvalue weighted by Gasteiger charge is 2.20. The van der Waals surface area contributed by atoms with Crippen LogP contribution in [0.3, 0.4) is 0 Å². The molecule has 0 aliphatic carbocycles. The van der Waals surface area contributed by atoms with Crippen molar-refractivity contribution in [3.63, 3.8) is 0 Å². The molecule has 0 atom stereocenters. The van der Waals surface area contributed by atoms with Gasteiger partial charge in [0.1, 0.15) is 29.4 Å². The molecular formula is C12H15N5O4. The van der Waals surface area contributed by atoms with Gasteiger partial charge in [0.25, 0.3) is 0 Å². The Bertz CT molecular complexity index is 630. The van der Waals surface area contributed by atoms with Gasteiger partial charge in [-0.3, -0.25) is 4.79 Å². The lowest BCUT2D eigenvalue weighted by Crippen LogP contribution is -2.20. The average Bonchev–Trinajstić information content (AvgIpc) is 2.92. The lowest BCUT2D eigenvalue weighted by Gasteiger charge is -2.12. The van der Waals surface area contributed by atoms with E-state index in [-0.39, 0.29) is 12.4 Å². The highest BCUT2D eigenvalue weighted by Crippen LogP contribution is 2.39. The largest absolute Gasteiger partial charge is 0.496 e. The lowest BCUT2D eigenvalue weighted by molar-refractivity contribution is -0.118. The molecule has 21 heavy (non-hydrogen) atoms. The topological polar surface area (TPSA) is 114 Å². The molecule has 0 saturated carbocycles. The van der Waals surface area contributed by atoms with Crippen LogP contribution in [0.5, 0.6) is 17.2 Å². The summed E-state index contributed by atoms with van der Waals surface area (Å²) in [5.74, 6) is 1.19. The third kappa shape index (κ3) is 3.02. The average molecular weight is 293 g/mol. The Labute approximate surface area is 120 Å². The van der Waals surface area contributed by atoms with Gasteiger partial charge in [0, 0.05) is 12.1 Å². The van der Waals surface area contributed by atoms with Crippen molar-refractivity contribution >= 4 is 5.91 Å². The number of methoxy groups -OCH3 is 3. The highest BCUT2D eigenvalue weighted by atomic mass is 16.5. The van der Waals surface area contributed by atoms with Crippen LogP contribution < -0.4 is 19.9 Å². The van der Waals surface area contributed by atoms with E-state index in [0.29, 0.717) is 22.8 Å². The number of hydrogen-bond donors (Lipinski definition) is 1. The first kappa shape index (κ1) is 14.6. The second-order valence-corrected chi connectivity index (χ2v) is 4.02. The summed E-state index contributed by atoms with van der Waals surface area (Å²) in [5, 5.41) is 11.7. The minimum absolute atomic E-state index is 0.159. The number of carbonyl (C=O) groups excluding carboxylic acids is 1. The van der Waals surface area contributed by atoms with Crippen molar-refractivity contribution in [2.75, 3.05) is 21.3 Å². The van der Waals surface area contributed by atoms with Crippen molar-refractivity contribution in [1.82, 2.24) is 20.2 Å². The summed E-state index contributed by atoms with van der Waals surface area (Å²) in [6.07, 6.45) is 0. The number of carbonyl (C=O) groups is 1. The first-order chi connectivity index (χ1) is 10.1. The van der Waals surface area contributed by atoms with Gasteiger partial charge in [-0.25, -0.2) is 0 Å². The van der Waals surface area contributed by atoms with Crippen LogP contribution >= 0.6 is 0 Å². The van der Waals surface area contributed by atoms with Crippen molar-refractivity contribution in [3.05, 3.63) is 12.1 Å². The Morgan fingerprint density at radius 1 is 1.19 bits per heavy atom. The molecule has 1 amide bonds. The third-order valence-electron chi connectivity index (χ3n) is 2.69. The molecule has 0 bridgehead atoms. The lowest BCUT2D eigenvalue weighted by atomic mass is 10.1. The number of amides is 1. The zero-order valence-corrected chi connectivity index (χ0v) is 11.9. The Morgan fingerprint density at radius 3 is 2.29 bits per heavy atom. The molecule has 0 aliphatic rings. The molecule has 0 unspecified atom stereocenters. The van der Waals surface area contributed by atoms with E-state index in [1.54, 1.807) is 12.1 Å². The predicted molar refractivity (Wildman–Crippen MR) is 72.1 cm³/mol. The molecule has 0 radical (unpaired) electrons. The maximum absolute atomic E-state index is 10.9. The number of benzene rings is 1. The number of nitrogens with zero attached hydrogens (tertiary/aromatic N) is 4. The van der Waals surface area contributed by atoms with E-state index in [4.69, 9.17) is 19.9 Å². The van der Waals surface area contributed by atoms with Gasteiger partial charge < -0.3 is 19.9 Å². The fourth-order valence-electron chi connectivity index (χ4n) is 1.78. The summed E-state index contributed by atoms with van der Waals surface area (Å²) in [4.78, 5) is 12.0. The number of hydrogen-bond acceptors (Lipinski definition) is 7. The molecule has 2 aromatic rings. The van der Waals surface area contributed by atoms with Crippen molar-refractivity contribution < 1.29 is 19.0 Å². The summed E-state index contributed by atoms with van der Waals surface area (Å²) < 4.78 is 15.8. The van der Waals surface area contributed by atoms with E-state index in [1.165, 1.54) is 21.3 Å². The predicted octanol–water partition coefficient (Wildman–Crippen LogP) is -0.149. The smallest absolute Gasteiger partial charge is 0.241 e. The normalized spacial score (nSPS) is 10.2. The number of nitrogens with two attached hydrogens (primary N) is 1. The number of aromatic nitrogens is 4. The number of rotatable bonds is 6.